The number of anilines is 2. The van der Waals surface area contributed by atoms with E-state index in [9.17, 15) is 4.79 Å². The third-order valence-electron chi connectivity index (χ3n) is 4.16. The lowest BCUT2D eigenvalue weighted by molar-refractivity contribution is -0.119. The van der Waals surface area contributed by atoms with Crippen LogP contribution in [0.3, 0.4) is 0 Å². The van der Waals surface area contributed by atoms with Gasteiger partial charge in [-0.05, 0) is 43.2 Å². The molecule has 4 heteroatoms. The molecule has 1 atom stereocenters. The molecular formula is C19H21N3O. The van der Waals surface area contributed by atoms with Gasteiger partial charge in [-0.1, -0.05) is 30.3 Å². The molecule has 23 heavy (non-hydrogen) atoms. The van der Waals surface area contributed by atoms with Crippen molar-refractivity contribution < 1.29 is 4.79 Å². The van der Waals surface area contributed by atoms with Crippen LogP contribution in [0.2, 0.25) is 0 Å². The highest BCUT2D eigenvalue weighted by Crippen LogP contribution is 2.26. The molecular weight excluding hydrogens is 286 g/mol. The minimum atomic E-state index is -0.180. The minimum absolute atomic E-state index is 0.0467. The van der Waals surface area contributed by atoms with Crippen LogP contribution in [0, 0.1) is 5.92 Å². The SMILES string of the molecule is CC1=NN(c2ccccc2)C(=O)C1Cc1ccc(N(C)C)cc1. The summed E-state index contributed by atoms with van der Waals surface area (Å²) in [5.74, 6) is -0.134. The standard InChI is InChI=1S/C19H21N3O/c1-14-18(13-15-9-11-16(12-10-15)21(2)3)19(23)22(20-14)17-7-5-4-6-8-17/h4-12,18H,13H2,1-3H3. The number of para-hydroxylation sites is 1. The van der Waals surface area contributed by atoms with Crippen LogP contribution in [0.4, 0.5) is 11.4 Å². The number of rotatable bonds is 4. The average molecular weight is 307 g/mol. The van der Waals surface area contributed by atoms with Crippen LogP contribution in [-0.2, 0) is 11.2 Å². The van der Waals surface area contributed by atoms with E-state index in [-0.39, 0.29) is 11.8 Å². The lowest BCUT2D eigenvalue weighted by Gasteiger charge is -2.15. The van der Waals surface area contributed by atoms with E-state index in [0.717, 1.165) is 22.6 Å². The van der Waals surface area contributed by atoms with Crippen molar-refractivity contribution in [3.8, 4) is 0 Å². The van der Waals surface area contributed by atoms with E-state index in [4.69, 9.17) is 0 Å². The monoisotopic (exact) mass is 307 g/mol. The predicted octanol–water partition coefficient (Wildman–Crippen LogP) is 3.33. The molecule has 1 unspecified atom stereocenters. The van der Waals surface area contributed by atoms with Gasteiger partial charge in [0.25, 0.3) is 5.91 Å². The van der Waals surface area contributed by atoms with Gasteiger partial charge in [0.05, 0.1) is 11.6 Å². The zero-order valence-corrected chi connectivity index (χ0v) is 13.7. The second-order valence-electron chi connectivity index (χ2n) is 6.04. The van der Waals surface area contributed by atoms with Crippen molar-refractivity contribution in [3.05, 3.63) is 60.2 Å². The summed E-state index contributed by atoms with van der Waals surface area (Å²) in [4.78, 5) is 14.8. The average Bonchev–Trinajstić information content (AvgIpc) is 2.84. The summed E-state index contributed by atoms with van der Waals surface area (Å²) in [7, 11) is 4.04. The van der Waals surface area contributed by atoms with E-state index in [1.807, 2.05) is 51.4 Å². The first-order valence-electron chi connectivity index (χ1n) is 7.76. The lowest BCUT2D eigenvalue weighted by Crippen LogP contribution is -2.28. The molecule has 0 saturated carbocycles. The van der Waals surface area contributed by atoms with Crippen molar-refractivity contribution in [2.24, 2.45) is 11.0 Å². The van der Waals surface area contributed by atoms with Crippen LogP contribution >= 0.6 is 0 Å². The Morgan fingerprint density at radius 3 is 2.30 bits per heavy atom. The van der Waals surface area contributed by atoms with Gasteiger partial charge in [-0.3, -0.25) is 4.79 Å². The normalized spacial score (nSPS) is 17.3. The van der Waals surface area contributed by atoms with E-state index < -0.39 is 0 Å². The maximum absolute atomic E-state index is 12.7. The van der Waals surface area contributed by atoms with Crippen LogP contribution in [0.15, 0.2) is 59.7 Å². The fourth-order valence-electron chi connectivity index (χ4n) is 2.76. The molecule has 0 aromatic heterocycles. The molecule has 118 valence electrons. The highest BCUT2D eigenvalue weighted by atomic mass is 16.2. The Labute approximate surface area is 137 Å². The molecule has 2 aromatic rings. The third-order valence-corrected chi connectivity index (χ3v) is 4.16. The molecule has 0 radical (unpaired) electrons. The number of benzene rings is 2. The lowest BCUT2D eigenvalue weighted by atomic mass is 9.95. The molecule has 1 aliphatic heterocycles. The quantitative estimate of drug-likeness (QED) is 0.868. The van der Waals surface area contributed by atoms with Gasteiger partial charge in [-0.15, -0.1) is 0 Å². The molecule has 0 aliphatic carbocycles. The Hall–Kier alpha value is -2.62. The van der Waals surface area contributed by atoms with Gasteiger partial charge >= 0.3 is 0 Å². The van der Waals surface area contributed by atoms with Crippen LogP contribution in [0.25, 0.3) is 0 Å². The number of carbonyl (C=O) groups excluding carboxylic acids is 1. The van der Waals surface area contributed by atoms with Gasteiger partial charge in [0, 0.05) is 25.5 Å². The largest absolute Gasteiger partial charge is 0.378 e. The molecule has 4 nitrogen and oxygen atoms in total. The minimum Gasteiger partial charge on any atom is -0.378 e. The summed E-state index contributed by atoms with van der Waals surface area (Å²) >= 11 is 0. The van der Waals surface area contributed by atoms with Gasteiger partial charge < -0.3 is 4.90 Å². The van der Waals surface area contributed by atoms with Crippen LogP contribution in [-0.4, -0.2) is 25.7 Å². The first-order chi connectivity index (χ1) is 11.1. The van der Waals surface area contributed by atoms with E-state index in [1.54, 1.807) is 0 Å². The van der Waals surface area contributed by atoms with Crippen molar-refractivity contribution in [1.29, 1.82) is 0 Å². The number of carbonyl (C=O) groups is 1. The maximum atomic E-state index is 12.7. The molecule has 0 N–H and O–H groups in total. The Kier molecular flexibility index (Phi) is 4.15. The highest BCUT2D eigenvalue weighted by molar-refractivity contribution is 6.14. The second-order valence-corrected chi connectivity index (χ2v) is 6.04. The number of nitrogens with zero attached hydrogens (tertiary/aromatic N) is 3. The number of hydrogen-bond acceptors (Lipinski definition) is 3. The summed E-state index contributed by atoms with van der Waals surface area (Å²) < 4.78 is 0. The fourth-order valence-corrected chi connectivity index (χ4v) is 2.76. The first kappa shape index (κ1) is 15.3. The zero-order chi connectivity index (χ0) is 16.4. The molecule has 1 heterocycles. The highest BCUT2D eigenvalue weighted by Gasteiger charge is 2.34. The molecule has 2 aromatic carbocycles. The Morgan fingerprint density at radius 2 is 1.70 bits per heavy atom. The number of hydrogen-bond donors (Lipinski definition) is 0. The fraction of sp³-hybridized carbons (Fsp3) is 0.263. The number of hydrazone groups is 1. The van der Waals surface area contributed by atoms with Gasteiger partial charge in [-0.2, -0.15) is 5.10 Å². The maximum Gasteiger partial charge on any atom is 0.256 e. The molecule has 0 bridgehead atoms. The van der Waals surface area contributed by atoms with Crippen LogP contribution in [0.1, 0.15) is 12.5 Å². The van der Waals surface area contributed by atoms with Gasteiger partial charge in [-0.25, -0.2) is 5.01 Å². The summed E-state index contributed by atoms with van der Waals surface area (Å²) in [5, 5.41) is 5.98. The molecule has 0 fully saturated rings. The zero-order valence-electron chi connectivity index (χ0n) is 13.7. The summed E-state index contributed by atoms with van der Waals surface area (Å²) in [6, 6.07) is 17.9. The van der Waals surface area contributed by atoms with Gasteiger partial charge in [0.15, 0.2) is 0 Å². The van der Waals surface area contributed by atoms with Crippen LogP contribution < -0.4 is 9.91 Å². The first-order valence-corrected chi connectivity index (χ1v) is 7.76. The Balaban J connectivity index is 1.76. The van der Waals surface area contributed by atoms with Crippen molar-refractivity contribution >= 4 is 23.0 Å². The Bertz CT molecular complexity index is 720. The van der Waals surface area contributed by atoms with Crippen molar-refractivity contribution in [1.82, 2.24) is 0 Å². The van der Waals surface area contributed by atoms with E-state index in [0.29, 0.717) is 6.42 Å². The van der Waals surface area contributed by atoms with E-state index >= 15 is 0 Å². The van der Waals surface area contributed by atoms with E-state index in [2.05, 4.69) is 34.3 Å². The third kappa shape index (κ3) is 3.11. The van der Waals surface area contributed by atoms with Crippen molar-refractivity contribution in [3.63, 3.8) is 0 Å². The molecule has 3 rings (SSSR count). The summed E-state index contributed by atoms with van der Waals surface area (Å²) in [6.07, 6.45) is 0.686. The van der Waals surface area contributed by atoms with Crippen molar-refractivity contribution in [2.75, 3.05) is 24.0 Å². The van der Waals surface area contributed by atoms with Gasteiger partial charge in [0.1, 0.15) is 0 Å². The number of amides is 1. The van der Waals surface area contributed by atoms with Crippen LogP contribution in [0.5, 0.6) is 0 Å². The van der Waals surface area contributed by atoms with Gasteiger partial charge in [0.2, 0.25) is 0 Å². The molecule has 1 amide bonds. The Morgan fingerprint density at radius 1 is 1.04 bits per heavy atom. The topological polar surface area (TPSA) is 35.9 Å². The van der Waals surface area contributed by atoms with Crippen molar-refractivity contribution in [2.45, 2.75) is 13.3 Å². The summed E-state index contributed by atoms with van der Waals surface area (Å²) in [5.41, 5.74) is 4.00. The molecule has 0 saturated heterocycles. The molecule has 0 spiro atoms. The molecule has 1 aliphatic rings. The second kappa shape index (κ2) is 6.24. The predicted molar refractivity (Wildman–Crippen MR) is 95.0 cm³/mol. The summed E-state index contributed by atoms with van der Waals surface area (Å²) in [6.45, 7) is 1.93. The van der Waals surface area contributed by atoms with E-state index in [1.165, 1.54) is 5.01 Å². The smallest absolute Gasteiger partial charge is 0.256 e.